The van der Waals surface area contributed by atoms with E-state index in [0.717, 1.165) is 36.5 Å². The molecule has 2 rings (SSSR count). The minimum Gasteiger partial charge on any atom is -0.335 e. The Morgan fingerprint density at radius 2 is 2.29 bits per heavy atom. The van der Waals surface area contributed by atoms with Gasteiger partial charge in [-0.25, -0.2) is 9.97 Å². The van der Waals surface area contributed by atoms with Crippen LogP contribution in [0.3, 0.4) is 0 Å². The third-order valence-electron chi connectivity index (χ3n) is 2.58. The Kier molecular flexibility index (Phi) is 4.57. The summed E-state index contributed by atoms with van der Waals surface area (Å²) in [5.41, 5.74) is 0.978. The first kappa shape index (κ1) is 12.6. The van der Waals surface area contributed by atoms with E-state index >= 15 is 0 Å². The number of nitrogens with zero attached hydrogens (tertiary/aromatic N) is 3. The minimum absolute atomic E-state index is 0.503. The standard InChI is InChI=1S/C12H16ClN3S/c1-2-3-11-14-5-7-16(11)6-4-12-15-10(8-13)9-17-12/h5,7,9H,2-4,6,8H2,1H3. The molecule has 17 heavy (non-hydrogen) atoms. The van der Waals surface area contributed by atoms with E-state index in [2.05, 4.69) is 21.5 Å². The van der Waals surface area contributed by atoms with Crippen molar-refractivity contribution in [2.24, 2.45) is 0 Å². The van der Waals surface area contributed by atoms with Crippen LogP contribution in [0.1, 0.15) is 29.9 Å². The molecule has 0 aromatic carbocycles. The molecule has 0 saturated carbocycles. The van der Waals surface area contributed by atoms with Crippen LogP contribution >= 0.6 is 22.9 Å². The predicted molar refractivity (Wildman–Crippen MR) is 71.6 cm³/mol. The molecular weight excluding hydrogens is 254 g/mol. The highest BCUT2D eigenvalue weighted by Crippen LogP contribution is 2.13. The molecule has 0 aliphatic heterocycles. The van der Waals surface area contributed by atoms with Crippen LogP contribution in [-0.4, -0.2) is 14.5 Å². The molecule has 0 radical (unpaired) electrons. The smallest absolute Gasteiger partial charge is 0.108 e. The van der Waals surface area contributed by atoms with Gasteiger partial charge in [0, 0.05) is 37.2 Å². The van der Waals surface area contributed by atoms with Crippen LogP contribution in [0, 0.1) is 0 Å². The molecule has 5 heteroatoms. The summed E-state index contributed by atoms with van der Waals surface area (Å²) in [7, 11) is 0. The Balaban J connectivity index is 1.94. The Morgan fingerprint density at radius 3 is 3.00 bits per heavy atom. The van der Waals surface area contributed by atoms with Gasteiger partial charge < -0.3 is 4.57 Å². The van der Waals surface area contributed by atoms with Crippen molar-refractivity contribution in [3.05, 3.63) is 34.3 Å². The molecule has 0 unspecified atom stereocenters. The lowest BCUT2D eigenvalue weighted by Gasteiger charge is -2.05. The number of alkyl halides is 1. The van der Waals surface area contributed by atoms with E-state index in [-0.39, 0.29) is 0 Å². The molecule has 2 aromatic rings. The van der Waals surface area contributed by atoms with E-state index in [1.807, 2.05) is 17.8 Å². The van der Waals surface area contributed by atoms with E-state index in [1.165, 1.54) is 5.82 Å². The van der Waals surface area contributed by atoms with Crippen LogP contribution in [0.4, 0.5) is 0 Å². The molecular formula is C12H16ClN3S. The van der Waals surface area contributed by atoms with Crippen molar-refractivity contribution in [2.45, 2.75) is 38.6 Å². The molecule has 0 atom stereocenters. The molecule has 0 saturated heterocycles. The van der Waals surface area contributed by atoms with E-state index in [4.69, 9.17) is 11.6 Å². The highest BCUT2D eigenvalue weighted by Gasteiger charge is 2.04. The first-order chi connectivity index (χ1) is 8.33. The first-order valence-corrected chi connectivity index (χ1v) is 7.24. The number of aryl methyl sites for hydroxylation is 3. The number of hydrogen-bond acceptors (Lipinski definition) is 3. The topological polar surface area (TPSA) is 30.7 Å². The van der Waals surface area contributed by atoms with Crippen LogP contribution in [0.5, 0.6) is 0 Å². The SMILES string of the molecule is CCCc1nccn1CCc1nc(CCl)cs1. The van der Waals surface area contributed by atoms with Gasteiger partial charge in [-0.3, -0.25) is 0 Å². The van der Waals surface area contributed by atoms with Crippen molar-refractivity contribution in [3.63, 3.8) is 0 Å². The molecule has 0 aliphatic rings. The van der Waals surface area contributed by atoms with Crippen molar-refractivity contribution >= 4 is 22.9 Å². The van der Waals surface area contributed by atoms with Gasteiger partial charge in [0.05, 0.1) is 16.6 Å². The Morgan fingerprint density at radius 1 is 1.41 bits per heavy atom. The summed E-state index contributed by atoms with van der Waals surface area (Å²) in [4.78, 5) is 8.82. The third kappa shape index (κ3) is 3.30. The third-order valence-corrected chi connectivity index (χ3v) is 3.81. The average molecular weight is 270 g/mol. The maximum atomic E-state index is 5.74. The van der Waals surface area contributed by atoms with Crippen molar-refractivity contribution in [1.29, 1.82) is 0 Å². The zero-order valence-electron chi connectivity index (χ0n) is 9.90. The summed E-state index contributed by atoms with van der Waals surface area (Å²) in [6.07, 6.45) is 7.04. The fourth-order valence-electron chi connectivity index (χ4n) is 1.74. The summed E-state index contributed by atoms with van der Waals surface area (Å²) in [6.45, 7) is 3.12. The zero-order chi connectivity index (χ0) is 12.1. The van der Waals surface area contributed by atoms with Crippen molar-refractivity contribution < 1.29 is 0 Å². The maximum absolute atomic E-state index is 5.74. The van der Waals surface area contributed by atoms with Gasteiger partial charge in [0.1, 0.15) is 5.82 Å². The molecule has 0 spiro atoms. The number of halogens is 1. The average Bonchev–Trinajstić information content (AvgIpc) is 2.95. The van der Waals surface area contributed by atoms with Crippen LogP contribution in [0.2, 0.25) is 0 Å². The second kappa shape index (κ2) is 6.17. The van der Waals surface area contributed by atoms with Gasteiger partial charge in [-0.2, -0.15) is 0 Å². The fourth-order valence-corrected chi connectivity index (χ4v) is 2.75. The molecule has 92 valence electrons. The van der Waals surface area contributed by atoms with Gasteiger partial charge in [0.25, 0.3) is 0 Å². The van der Waals surface area contributed by atoms with Gasteiger partial charge in [-0.05, 0) is 6.42 Å². The van der Waals surface area contributed by atoms with Crippen LogP contribution in [-0.2, 0) is 25.3 Å². The van der Waals surface area contributed by atoms with Crippen LogP contribution in [0.25, 0.3) is 0 Å². The lowest BCUT2D eigenvalue weighted by molar-refractivity contribution is 0.640. The van der Waals surface area contributed by atoms with Crippen LogP contribution in [0.15, 0.2) is 17.8 Å². The molecule has 0 bridgehead atoms. The van der Waals surface area contributed by atoms with Crippen molar-refractivity contribution in [1.82, 2.24) is 14.5 Å². The maximum Gasteiger partial charge on any atom is 0.108 e. The van der Waals surface area contributed by atoms with E-state index in [1.54, 1.807) is 11.3 Å². The van der Waals surface area contributed by atoms with Crippen molar-refractivity contribution in [3.8, 4) is 0 Å². The molecule has 2 aromatic heterocycles. The van der Waals surface area contributed by atoms with Gasteiger partial charge in [-0.15, -0.1) is 22.9 Å². The Bertz CT molecular complexity index is 464. The summed E-state index contributed by atoms with van der Waals surface area (Å²) < 4.78 is 2.21. The molecule has 0 amide bonds. The second-order valence-electron chi connectivity index (χ2n) is 3.90. The highest BCUT2D eigenvalue weighted by atomic mass is 35.5. The number of rotatable bonds is 6. The molecule has 0 N–H and O–H groups in total. The summed E-state index contributed by atoms with van der Waals surface area (Å²) in [5.74, 6) is 1.67. The first-order valence-electron chi connectivity index (χ1n) is 5.82. The van der Waals surface area contributed by atoms with Gasteiger partial charge in [0.2, 0.25) is 0 Å². The Labute approximate surface area is 110 Å². The van der Waals surface area contributed by atoms with E-state index < -0.39 is 0 Å². The largest absolute Gasteiger partial charge is 0.335 e. The Hall–Kier alpha value is -0.870. The van der Waals surface area contributed by atoms with Crippen molar-refractivity contribution in [2.75, 3.05) is 0 Å². The van der Waals surface area contributed by atoms with E-state index in [0.29, 0.717) is 5.88 Å². The van der Waals surface area contributed by atoms with Gasteiger partial charge in [-0.1, -0.05) is 6.92 Å². The monoisotopic (exact) mass is 269 g/mol. The normalized spacial score (nSPS) is 10.9. The summed E-state index contributed by atoms with van der Waals surface area (Å²) in [6, 6.07) is 0. The number of imidazole rings is 1. The number of hydrogen-bond donors (Lipinski definition) is 0. The number of thiazole rings is 1. The fraction of sp³-hybridized carbons (Fsp3) is 0.500. The lowest BCUT2D eigenvalue weighted by Crippen LogP contribution is -2.05. The summed E-state index contributed by atoms with van der Waals surface area (Å²) in [5, 5.41) is 3.18. The van der Waals surface area contributed by atoms with Gasteiger partial charge >= 0.3 is 0 Å². The highest BCUT2D eigenvalue weighted by molar-refractivity contribution is 7.09. The summed E-state index contributed by atoms with van der Waals surface area (Å²) >= 11 is 7.42. The van der Waals surface area contributed by atoms with Gasteiger partial charge in [0.15, 0.2) is 0 Å². The second-order valence-corrected chi connectivity index (χ2v) is 5.11. The predicted octanol–water partition coefficient (Wildman–Crippen LogP) is 3.27. The van der Waals surface area contributed by atoms with Crippen LogP contribution < -0.4 is 0 Å². The molecule has 0 fully saturated rings. The molecule has 0 aliphatic carbocycles. The van der Waals surface area contributed by atoms with E-state index in [9.17, 15) is 0 Å². The molecule has 3 nitrogen and oxygen atoms in total. The number of aromatic nitrogens is 3. The quantitative estimate of drug-likeness (QED) is 0.754. The lowest BCUT2D eigenvalue weighted by atomic mass is 10.3. The molecule has 2 heterocycles. The zero-order valence-corrected chi connectivity index (χ0v) is 11.5. The minimum atomic E-state index is 0.503.